The largest absolute Gasteiger partial charge is 1.00 e. The first-order valence-electron chi connectivity index (χ1n) is 4.35. The van der Waals surface area contributed by atoms with Crippen LogP contribution in [0.15, 0.2) is 0 Å². The molecule has 0 aromatic rings. The van der Waals surface area contributed by atoms with Crippen molar-refractivity contribution in [3.05, 3.63) is 0 Å². The van der Waals surface area contributed by atoms with Crippen LogP contribution in [0, 0.1) is 0 Å². The van der Waals surface area contributed by atoms with Gasteiger partial charge in [-0.15, -0.1) is 0 Å². The minimum atomic E-state index is -4.61. The molecule has 72 valence electrons. The third-order valence-corrected chi connectivity index (χ3v) is 2.52. The van der Waals surface area contributed by atoms with E-state index in [1.807, 2.05) is 18.7 Å². The Kier molecular flexibility index (Phi) is 6.13. The van der Waals surface area contributed by atoms with E-state index in [4.69, 9.17) is 0 Å². The molecular formula is C7H14BF3KN. The van der Waals surface area contributed by atoms with Gasteiger partial charge in [-0.1, -0.05) is 12.2 Å². The van der Waals surface area contributed by atoms with Crippen LogP contribution < -0.4 is 51.4 Å². The van der Waals surface area contributed by atoms with Crippen LogP contribution in [0.3, 0.4) is 0 Å². The maximum absolute atomic E-state index is 12.2. The summed E-state index contributed by atoms with van der Waals surface area (Å²) in [5.41, 5.74) is 0. The summed E-state index contributed by atoms with van der Waals surface area (Å²) < 4.78 is 36.7. The number of likely N-dealkylation sites (tertiary alicyclic amines) is 1. The van der Waals surface area contributed by atoms with Gasteiger partial charge in [0.2, 0.25) is 0 Å². The molecule has 1 fully saturated rings. The summed E-state index contributed by atoms with van der Waals surface area (Å²) in [6.07, 6.45) is 0.293. The summed E-state index contributed by atoms with van der Waals surface area (Å²) in [6.45, 7) is 0.0757. The van der Waals surface area contributed by atoms with Crippen LogP contribution in [0.25, 0.3) is 0 Å². The normalized spacial score (nSPS) is 24.9. The molecule has 1 atom stereocenters. The van der Waals surface area contributed by atoms with Crippen molar-refractivity contribution in [2.75, 3.05) is 13.1 Å². The van der Waals surface area contributed by atoms with Gasteiger partial charge in [0, 0.05) is 6.04 Å². The van der Waals surface area contributed by atoms with E-state index in [1.54, 1.807) is 0 Å². The van der Waals surface area contributed by atoms with Crippen molar-refractivity contribution in [2.45, 2.75) is 32.1 Å². The average Bonchev–Trinajstić information content (AvgIpc) is 2.30. The predicted octanol–water partition coefficient (Wildman–Crippen LogP) is -0.678. The second-order valence-electron chi connectivity index (χ2n) is 3.76. The van der Waals surface area contributed by atoms with E-state index in [-0.39, 0.29) is 64.0 Å². The fraction of sp³-hybridized carbons (Fsp3) is 1.00. The molecule has 1 aliphatic heterocycles. The SMILES string of the molecule is CC(C)N1CCC([B-](F)(F)F)C1.[K+]. The molecule has 0 radical (unpaired) electrons. The van der Waals surface area contributed by atoms with E-state index in [0.717, 1.165) is 0 Å². The van der Waals surface area contributed by atoms with Crippen LogP contribution >= 0.6 is 0 Å². The molecule has 0 aromatic carbocycles. The summed E-state index contributed by atoms with van der Waals surface area (Å²) in [4.78, 5) is 1.89. The molecule has 1 nitrogen and oxygen atoms in total. The third kappa shape index (κ3) is 4.22. The van der Waals surface area contributed by atoms with Crippen LogP contribution in [0.1, 0.15) is 20.3 Å². The van der Waals surface area contributed by atoms with Gasteiger partial charge in [-0.3, -0.25) is 0 Å². The molecule has 1 aliphatic rings. The predicted molar refractivity (Wildman–Crippen MR) is 44.2 cm³/mol. The van der Waals surface area contributed by atoms with Gasteiger partial charge in [0.25, 0.3) is 0 Å². The van der Waals surface area contributed by atoms with E-state index in [9.17, 15) is 12.9 Å². The quantitative estimate of drug-likeness (QED) is 0.556. The fourth-order valence-corrected chi connectivity index (χ4v) is 1.59. The zero-order chi connectivity index (χ0) is 9.35. The Hall–Kier alpha value is 1.45. The maximum atomic E-state index is 12.2. The second-order valence-corrected chi connectivity index (χ2v) is 3.76. The number of hydrogen-bond acceptors (Lipinski definition) is 1. The Labute approximate surface area is 120 Å². The van der Waals surface area contributed by atoms with Crippen molar-refractivity contribution < 1.29 is 64.3 Å². The zero-order valence-corrected chi connectivity index (χ0v) is 11.6. The van der Waals surface area contributed by atoms with Gasteiger partial charge in [-0.2, -0.15) is 0 Å². The van der Waals surface area contributed by atoms with Gasteiger partial charge in [-0.05, 0) is 26.9 Å². The maximum Gasteiger partial charge on any atom is 1.00 e. The topological polar surface area (TPSA) is 3.24 Å². The van der Waals surface area contributed by atoms with Crippen LogP contribution in [0.4, 0.5) is 12.9 Å². The van der Waals surface area contributed by atoms with Crippen molar-refractivity contribution in [2.24, 2.45) is 0 Å². The van der Waals surface area contributed by atoms with Crippen molar-refractivity contribution in [3.8, 4) is 0 Å². The average molecular weight is 219 g/mol. The van der Waals surface area contributed by atoms with Crippen LogP contribution in [-0.4, -0.2) is 31.0 Å². The van der Waals surface area contributed by atoms with Crippen LogP contribution in [0.2, 0.25) is 5.82 Å². The van der Waals surface area contributed by atoms with Crippen LogP contribution in [0.5, 0.6) is 0 Å². The summed E-state index contributed by atoms with van der Waals surface area (Å²) in [5.74, 6) is -1.03. The molecule has 0 amide bonds. The summed E-state index contributed by atoms with van der Waals surface area (Å²) in [6, 6.07) is 0.244. The van der Waals surface area contributed by atoms with Crippen molar-refractivity contribution in [1.82, 2.24) is 4.90 Å². The van der Waals surface area contributed by atoms with Crippen molar-refractivity contribution in [1.29, 1.82) is 0 Å². The molecule has 1 unspecified atom stereocenters. The zero-order valence-electron chi connectivity index (χ0n) is 8.43. The van der Waals surface area contributed by atoms with Crippen molar-refractivity contribution >= 4 is 6.98 Å². The van der Waals surface area contributed by atoms with E-state index < -0.39 is 12.8 Å². The first-order valence-corrected chi connectivity index (χ1v) is 4.35. The summed E-state index contributed by atoms with van der Waals surface area (Å²) in [5, 5.41) is 0. The second kappa shape index (κ2) is 5.51. The molecule has 1 heterocycles. The number of halogens is 3. The van der Waals surface area contributed by atoms with Gasteiger partial charge in [-0.25, -0.2) is 0 Å². The smallest absolute Gasteiger partial charge is 0.449 e. The molecule has 0 saturated carbocycles. The molecule has 1 saturated heterocycles. The Balaban J connectivity index is 0.00000144. The molecular weight excluding hydrogens is 205 g/mol. The molecule has 0 aliphatic carbocycles. The molecule has 0 bridgehead atoms. The first-order chi connectivity index (χ1) is 5.41. The van der Waals surface area contributed by atoms with E-state index in [2.05, 4.69) is 0 Å². The Morgan fingerprint density at radius 2 is 1.85 bits per heavy atom. The minimum Gasteiger partial charge on any atom is -0.449 e. The Bertz CT molecular complexity index is 162. The molecule has 0 spiro atoms. The van der Waals surface area contributed by atoms with Gasteiger partial charge in [0.05, 0.1) is 0 Å². The summed E-state index contributed by atoms with van der Waals surface area (Å²) in [7, 11) is 0. The number of hydrogen-bond donors (Lipinski definition) is 0. The monoisotopic (exact) mass is 219 g/mol. The minimum absolute atomic E-state index is 0. The molecule has 6 heteroatoms. The van der Waals surface area contributed by atoms with E-state index in [0.29, 0.717) is 13.0 Å². The Morgan fingerprint density at radius 3 is 2.08 bits per heavy atom. The number of nitrogens with zero attached hydrogens (tertiary/aromatic N) is 1. The summed E-state index contributed by atoms with van der Waals surface area (Å²) >= 11 is 0. The fourth-order valence-electron chi connectivity index (χ4n) is 1.59. The number of rotatable bonds is 2. The van der Waals surface area contributed by atoms with E-state index in [1.165, 1.54) is 0 Å². The standard InChI is InChI=1S/C7H14BF3N.K/c1-6(2)12-4-3-7(5-12)8(9,10)11;/h6-7H,3-5H2,1-2H3;/q-1;+1. The first kappa shape index (κ1) is 14.5. The third-order valence-electron chi connectivity index (χ3n) is 2.52. The molecule has 13 heavy (non-hydrogen) atoms. The molecule has 0 N–H and O–H groups in total. The van der Waals surface area contributed by atoms with Gasteiger partial charge < -0.3 is 17.8 Å². The van der Waals surface area contributed by atoms with Gasteiger partial charge in [0.15, 0.2) is 0 Å². The Morgan fingerprint density at radius 1 is 1.31 bits per heavy atom. The molecule has 0 aromatic heterocycles. The molecule has 1 rings (SSSR count). The van der Waals surface area contributed by atoms with E-state index >= 15 is 0 Å². The van der Waals surface area contributed by atoms with Gasteiger partial charge in [0.1, 0.15) is 0 Å². The van der Waals surface area contributed by atoms with Crippen LogP contribution in [-0.2, 0) is 0 Å². The van der Waals surface area contributed by atoms with Gasteiger partial charge >= 0.3 is 58.4 Å². The van der Waals surface area contributed by atoms with Crippen molar-refractivity contribution in [3.63, 3.8) is 0 Å².